The van der Waals surface area contributed by atoms with E-state index in [0.29, 0.717) is 5.56 Å². The molecule has 104 valence electrons. The molecule has 0 spiro atoms. The maximum absolute atomic E-state index is 11.9. The Bertz CT molecular complexity index is 897. The Balaban J connectivity index is 2.35. The van der Waals surface area contributed by atoms with Gasteiger partial charge in [0, 0.05) is 17.0 Å². The highest BCUT2D eigenvalue weighted by molar-refractivity contribution is 5.95. The smallest absolute Gasteiger partial charge is 0.352 e. The van der Waals surface area contributed by atoms with Crippen LogP contribution >= 0.6 is 0 Å². The number of rotatable bonds is 2. The molecule has 0 fully saturated rings. The van der Waals surface area contributed by atoms with Gasteiger partial charge in [-0.15, -0.1) is 0 Å². The SMILES string of the molecule is O=C(O)c1cc(=O)c2ccc(-c3ccccc3)c(O)c2[nH]1. The molecule has 5 heteroatoms. The second kappa shape index (κ2) is 4.79. The first kappa shape index (κ1) is 12.9. The zero-order chi connectivity index (χ0) is 15.0. The lowest BCUT2D eigenvalue weighted by molar-refractivity contribution is 0.0691. The maximum Gasteiger partial charge on any atom is 0.352 e. The molecule has 0 amide bonds. The van der Waals surface area contributed by atoms with E-state index in [1.807, 2.05) is 30.3 Å². The van der Waals surface area contributed by atoms with Gasteiger partial charge in [-0.2, -0.15) is 0 Å². The molecule has 3 aromatic rings. The summed E-state index contributed by atoms with van der Waals surface area (Å²) in [4.78, 5) is 25.5. The number of hydrogen-bond donors (Lipinski definition) is 3. The van der Waals surface area contributed by atoms with Crippen molar-refractivity contribution in [2.45, 2.75) is 0 Å². The number of carboxylic acid groups (broad SMARTS) is 1. The van der Waals surface area contributed by atoms with Crippen molar-refractivity contribution in [2.24, 2.45) is 0 Å². The molecular formula is C16H11NO4. The van der Waals surface area contributed by atoms with Crippen molar-refractivity contribution in [1.82, 2.24) is 4.98 Å². The molecule has 1 aromatic heterocycles. The number of carboxylic acids is 1. The van der Waals surface area contributed by atoms with Crippen molar-refractivity contribution in [2.75, 3.05) is 0 Å². The van der Waals surface area contributed by atoms with Gasteiger partial charge in [-0.05, 0) is 17.7 Å². The van der Waals surface area contributed by atoms with Crippen LogP contribution < -0.4 is 5.43 Å². The average molecular weight is 281 g/mol. The van der Waals surface area contributed by atoms with E-state index in [9.17, 15) is 14.7 Å². The van der Waals surface area contributed by atoms with E-state index < -0.39 is 11.4 Å². The zero-order valence-corrected chi connectivity index (χ0v) is 10.8. The van der Waals surface area contributed by atoms with Crippen LogP contribution in [0.4, 0.5) is 0 Å². The van der Waals surface area contributed by atoms with Crippen molar-refractivity contribution in [3.63, 3.8) is 0 Å². The van der Waals surface area contributed by atoms with Crippen LogP contribution in [0.1, 0.15) is 10.5 Å². The third-order valence-corrected chi connectivity index (χ3v) is 3.29. The molecule has 0 bridgehead atoms. The fourth-order valence-electron chi connectivity index (χ4n) is 2.27. The standard InChI is InChI=1S/C16H11NO4/c18-13-8-12(16(20)21)17-14-11(13)7-6-10(15(14)19)9-4-2-1-3-5-9/h1-8,19H,(H,17,18)(H,20,21). The second-order valence-electron chi connectivity index (χ2n) is 4.60. The minimum absolute atomic E-state index is 0.126. The summed E-state index contributed by atoms with van der Waals surface area (Å²) in [5, 5.41) is 19.6. The monoisotopic (exact) mass is 281 g/mol. The number of H-pyrrole nitrogens is 1. The zero-order valence-electron chi connectivity index (χ0n) is 10.8. The molecule has 5 nitrogen and oxygen atoms in total. The molecule has 2 aromatic carbocycles. The summed E-state index contributed by atoms with van der Waals surface area (Å²) in [6.07, 6.45) is 0. The van der Waals surface area contributed by atoms with Gasteiger partial charge < -0.3 is 15.2 Å². The average Bonchev–Trinajstić information content (AvgIpc) is 2.49. The summed E-state index contributed by atoms with van der Waals surface area (Å²) < 4.78 is 0. The number of phenols is 1. The van der Waals surface area contributed by atoms with Crippen LogP contribution in [0.15, 0.2) is 53.3 Å². The number of carbonyl (C=O) groups is 1. The Hall–Kier alpha value is -3.08. The minimum atomic E-state index is -1.25. The van der Waals surface area contributed by atoms with Crippen molar-refractivity contribution >= 4 is 16.9 Å². The van der Waals surface area contributed by atoms with Gasteiger partial charge in [0.2, 0.25) is 0 Å². The fourth-order valence-corrected chi connectivity index (χ4v) is 2.27. The van der Waals surface area contributed by atoms with E-state index in [0.717, 1.165) is 11.6 Å². The van der Waals surface area contributed by atoms with E-state index in [1.165, 1.54) is 0 Å². The number of pyridine rings is 1. The number of aromatic nitrogens is 1. The van der Waals surface area contributed by atoms with Crippen LogP contribution in [0, 0.1) is 0 Å². The number of nitrogens with one attached hydrogen (secondary N) is 1. The van der Waals surface area contributed by atoms with Crippen molar-refractivity contribution < 1.29 is 15.0 Å². The second-order valence-corrected chi connectivity index (χ2v) is 4.60. The quantitative estimate of drug-likeness (QED) is 0.673. The Morgan fingerprint density at radius 2 is 1.76 bits per heavy atom. The van der Waals surface area contributed by atoms with Crippen LogP contribution in [0.2, 0.25) is 0 Å². The molecule has 0 unspecified atom stereocenters. The van der Waals surface area contributed by atoms with E-state index in [-0.39, 0.29) is 22.3 Å². The predicted molar refractivity (Wildman–Crippen MR) is 78.6 cm³/mol. The van der Waals surface area contributed by atoms with E-state index in [4.69, 9.17) is 5.11 Å². The summed E-state index contributed by atoms with van der Waals surface area (Å²) in [7, 11) is 0. The Labute approximate surface area is 119 Å². The summed E-state index contributed by atoms with van der Waals surface area (Å²) in [5.74, 6) is -1.39. The number of phenolic OH excluding ortho intramolecular Hbond substituents is 1. The summed E-state index contributed by atoms with van der Waals surface area (Å²) in [6, 6.07) is 13.4. The maximum atomic E-state index is 11.9. The van der Waals surface area contributed by atoms with Gasteiger partial charge in [0.15, 0.2) is 5.43 Å². The lowest BCUT2D eigenvalue weighted by Crippen LogP contribution is -2.09. The fraction of sp³-hybridized carbons (Fsp3) is 0. The molecule has 0 aliphatic heterocycles. The van der Waals surface area contributed by atoms with Crippen molar-refractivity contribution in [1.29, 1.82) is 0 Å². The van der Waals surface area contributed by atoms with Gasteiger partial charge in [-0.25, -0.2) is 4.79 Å². The summed E-state index contributed by atoms with van der Waals surface area (Å²) in [6.45, 7) is 0. The Morgan fingerprint density at radius 3 is 2.43 bits per heavy atom. The molecule has 0 saturated carbocycles. The van der Waals surface area contributed by atoms with Gasteiger partial charge in [0.05, 0.1) is 5.52 Å². The van der Waals surface area contributed by atoms with Gasteiger partial charge in [0.25, 0.3) is 0 Å². The lowest BCUT2D eigenvalue weighted by atomic mass is 10.0. The predicted octanol–water partition coefficient (Wildman–Crippen LogP) is 2.60. The van der Waals surface area contributed by atoms with Crippen molar-refractivity contribution in [3.05, 3.63) is 64.4 Å². The number of aromatic amines is 1. The third kappa shape index (κ3) is 2.14. The highest BCUT2D eigenvalue weighted by Gasteiger charge is 2.14. The van der Waals surface area contributed by atoms with Gasteiger partial charge in [-0.1, -0.05) is 30.3 Å². The highest BCUT2D eigenvalue weighted by Crippen LogP contribution is 2.33. The van der Waals surface area contributed by atoms with Crippen LogP contribution in [0.3, 0.4) is 0 Å². The molecular weight excluding hydrogens is 270 g/mol. The van der Waals surface area contributed by atoms with Gasteiger partial charge >= 0.3 is 5.97 Å². The minimum Gasteiger partial charge on any atom is -0.505 e. The van der Waals surface area contributed by atoms with Gasteiger partial charge in [-0.3, -0.25) is 4.79 Å². The first-order valence-corrected chi connectivity index (χ1v) is 6.25. The number of hydrogen-bond acceptors (Lipinski definition) is 3. The molecule has 3 N–H and O–H groups in total. The molecule has 0 aliphatic rings. The number of aromatic hydroxyl groups is 1. The van der Waals surface area contributed by atoms with E-state index in [2.05, 4.69) is 4.98 Å². The van der Waals surface area contributed by atoms with Gasteiger partial charge in [0.1, 0.15) is 11.4 Å². The van der Waals surface area contributed by atoms with E-state index in [1.54, 1.807) is 12.1 Å². The number of benzene rings is 2. The molecule has 3 rings (SSSR count). The van der Waals surface area contributed by atoms with Crippen LogP contribution in [-0.4, -0.2) is 21.2 Å². The third-order valence-electron chi connectivity index (χ3n) is 3.29. The molecule has 0 atom stereocenters. The summed E-state index contributed by atoms with van der Waals surface area (Å²) in [5.41, 5.74) is 0.727. The lowest BCUT2D eigenvalue weighted by Gasteiger charge is -2.08. The first-order valence-electron chi connectivity index (χ1n) is 6.25. The first-order chi connectivity index (χ1) is 10.1. The van der Waals surface area contributed by atoms with Crippen LogP contribution in [-0.2, 0) is 0 Å². The van der Waals surface area contributed by atoms with Crippen LogP contribution in [0.5, 0.6) is 5.75 Å². The molecule has 1 heterocycles. The molecule has 0 aliphatic carbocycles. The Morgan fingerprint density at radius 1 is 1.05 bits per heavy atom. The normalized spacial score (nSPS) is 10.7. The molecule has 0 saturated heterocycles. The topological polar surface area (TPSA) is 90.4 Å². The highest BCUT2D eigenvalue weighted by atomic mass is 16.4. The number of fused-ring (bicyclic) bond motifs is 1. The molecule has 21 heavy (non-hydrogen) atoms. The molecule has 0 radical (unpaired) electrons. The van der Waals surface area contributed by atoms with Crippen LogP contribution in [0.25, 0.3) is 22.0 Å². The Kier molecular flexibility index (Phi) is 2.95. The summed E-state index contributed by atoms with van der Waals surface area (Å²) >= 11 is 0. The van der Waals surface area contributed by atoms with E-state index >= 15 is 0 Å². The van der Waals surface area contributed by atoms with Crippen molar-refractivity contribution in [3.8, 4) is 16.9 Å². The largest absolute Gasteiger partial charge is 0.505 e. The number of aromatic carboxylic acids is 1.